The zero-order chi connectivity index (χ0) is 12.1. The second kappa shape index (κ2) is 5.39. The molecule has 1 aromatic rings. The van der Waals surface area contributed by atoms with Crippen LogP contribution in [0.3, 0.4) is 0 Å². The Labute approximate surface area is 94.8 Å². The molecule has 0 aliphatic carbocycles. The molecule has 1 rings (SSSR count). The van der Waals surface area contributed by atoms with Crippen molar-refractivity contribution in [2.45, 2.75) is 19.8 Å². The fourth-order valence-corrected chi connectivity index (χ4v) is 1.52. The number of Topliss-reactive ketones (excluding diaryl/α,β-unsaturated/α-hetero) is 1. The van der Waals surface area contributed by atoms with Crippen LogP contribution in [0, 0.1) is 0 Å². The lowest BCUT2D eigenvalue weighted by atomic mass is 10.0. The van der Waals surface area contributed by atoms with Crippen LogP contribution in [-0.4, -0.2) is 25.1 Å². The van der Waals surface area contributed by atoms with E-state index in [9.17, 15) is 9.90 Å². The van der Waals surface area contributed by atoms with E-state index >= 15 is 0 Å². The predicted molar refractivity (Wildman–Crippen MR) is 60.4 cm³/mol. The van der Waals surface area contributed by atoms with Crippen LogP contribution in [0.4, 0.5) is 0 Å². The number of carbonyl (C=O) groups excluding carboxylic acids is 1. The van der Waals surface area contributed by atoms with Crippen LogP contribution in [-0.2, 0) is 0 Å². The summed E-state index contributed by atoms with van der Waals surface area (Å²) in [5, 5.41) is 9.42. The van der Waals surface area contributed by atoms with Crippen LogP contribution in [0.25, 0.3) is 0 Å². The average molecular weight is 224 g/mol. The lowest BCUT2D eigenvalue weighted by molar-refractivity contribution is 0.0975. The van der Waals surface area contributed by atoms with Crippen molar-refractivity contribution in [2.75, 3.05) is 14.2 Å². The molecule has 0 saturated heterocycles. The molecule has 0 aromatic heterocycles. The quantitative estimate of drug-likeness (QED) is 0.780. The van der Waals surface area contributed by atoms with Gasteiger partial charge >= 0.3 is 0 Å². The normalized spacial score (nSPS) is 9.94. The van der Waals surface area contributed by atoms with E-state index in [4.69, 9.17) is 9.47 Å². The number of carbonyl (C=O) groups is 1. The van der Waals surface area contributed by atoms with Gasteiger partial charge in [0.2, 0.25) is 0 Å². The van der Waals surface area contributed by atoms with E-state index in [0.29, 0.717) is 23.5 Å². The smallest absolute Gasteiger partial charge is 0.170 e. The number of phenolic OH excluding ortho intramolecular Hbond substituents is 1. The molecule has 0 bridgehead atoms. The summed E-state index contributed by atoms with van der Waals surface area (Å²) >= 11 is 0. The van der Waals surface area contributed by atoms with Gasteiger partial charge in [0.15, 0.2) is 5.78 Å². The molecule has 0 heterocycles. The number of rotatable bonds is 5. The van der Waals surface area contributed by atoms with Gasteiger partial charge in [0.05, 0.1) is 14.2 Å². The Balaban J connectivity index is 3.27. The first-order valence-corrected chi connectivity index (χ1v) is 5.12. The molecule has 1 aromatic carbocycles. The molecule has 4 heteroatoms. The highest BCUT2D eigenvalue weighted by molar-refractivity contribution is 6.01. The van der Waals surface area contributed by atoms with E-state index in [1.165, 1.54) is 26.4 Å². The minimum atomic E-state index is -0.0452. The van der Waals surface area contributed by atoms with Gasteiger partial charge < -0.3 is 14.6 Å². The average Bonchev–Trinajstić information content (AvgIpc) is 2.27. The first-order valence-electron chi connectivity index (χ1n) is 5.12. The van der Waals surface area contributed by atoms with E-state index in [0.717, 1.165) is 6.42 Å². The highest BCUT2D eigenvalue weighted by Gasteiger charge is 2.18. The van der Waals surface area contributed by atoms with Crippen molar-refractivity contribution in [2.24, 2.45) is 0 Å². The second-order valence-corrected chi connectivity index (χ2v) is 3.40. The molecular formula is C12H16O4. The van der Waals surface area contributed by atoms with Crippen molar-refractivity contribution in [1.29, 1.82) is 0 Å². The second-order valence-electron chi connectivity index (χ2n) is 3.40. The van der Waals surface area contributed by atoms with E-state index in [1.807, 2.05) is 6.92 Å². The van der Waals surface area contributed by atoms with Gasteiger partial charge in [-0.3, -0.25) is 4.79 Å². The van der Waals surface area contributed by atoms with Gasteiger partial charge in [-0.15, -0.1) is 0 Å². The lowest BCUT2D eigenvalue weighted by Gasteiger charge is -2.12. The third-order valence-electron chi connectivity index (χ3n) is 2.25. The predicted octanol–water partition coefficient (Wildman–Crippen LogP) is 2.39. The Morgan fingerprint density at radius 3 is 2.12 bits per heavy atom. The zero-order valence-corrected chi connectivity index (χ0v) is 9.74. The summed E-state index contributed by atoms with van der Waals surface area (Å²) in [5.74, 6) is 0.656. The number of methoxy groups -OCH3 is 2. The number of hydrogen-bond acceptors (Lipinski definition) is 4. The fourth-order valence-electron chi connectivity index (χ4n) is 1.52. The van der Waals surface area contributed by atoms with Crippen LogP contribution in [0.2, 0.25) is 0 Å². The number of ether oxygens (including phenoxy) is 2. The summed E-state index contributed by atoms with van der Waals surface area (Å²) in [6.07, 6.45) is 1.18. The minimum absolute atomic E-state index is 0.0155. The number of ketones is 1. The zero-order valence-electron chi connectivity index (χ0n) is 9.74. The standard InChI is InChI=1S/C12H16O4/c1-4-5-9(14)12-10(15-2)6-8(13)7-11(12)16-3/h6-7,13H,4-5H2,1-3H3. The number of phenols is 1. The molecular weight excluding hydrogens is 208 g/mol. The Hall–Kier alpha value is -1.71. The number of hydrogen-bond donors (Lipinski definition) is 1. The van der Waals surface area contributed by atoms with Gasteiger partial charge in [0, 0.05) is 18.6 Å². The first kappa shape index (κ1) is 12.4. The Kier molecular flexibility index (Phi) is 4.17. The van der Waals surface area contributed by atoms with Crippen molar-refractivity contribution in [1.82, 2.24) is 0 Å². The van der Waals surface area contributed by atoms with Crippen LogP contribution >= 0.6 is 0 Å². The molecule has 0 aliphatic heterocycles. The molecule has 0 fully saturated rings. The first-order chi connectivity index (χ1) is 7.63. The molecule has 0 radical (unpaired) electrons. The molecule has 0 saturated carbocycles. The maximum atomic E-state index is 11.9. The maximum Gasteiger partial charge on any atom is 0.170 e. The SMILES string of the molecule is CCCC(=O)c1c(OC)cc(O)cc1OC. The Morgan fingerprint density at radius 2 is 1.75 bits per heavy atom. The highest BCUT2D eigenvalue weighted by Crippen LogP contribution is 2.34. The van der Waals surface area contributed by atoms with Crippen molar-refractivity contribution >= 4 is 5.78 Å². The Bertz CT molecular complexity index is 360. The van der Waals surface area contributed by atoms with Gasteiger partial charge in [-0.2, -0.15) is 0 Å². The van der Waals surface area contributed by atoms with Gasteiger partial charge in [0.1, 0.15) is 22.8 Å². The third-order valence-corrected chi connectivity index (χ3v) is 2.25. The van der Waals surface area contributed by atoms with Crippen LogP contribution in [0.5, 0.6) is 17.2 Å². The van der Waals surface area contributed by atoms with E-state index in [-0.39, 0.29) is 11.5 Å². The van der Waals surface area contributed by atoms with E-state index < -0.39 is 0 Å². The van der Waals surface area contributed by atoms with Crippen molar-refractivity contribution in [3.63, 3.8) is 0 Å². The molecule has 4 nitrogen and oxygen atoms in total. The van der Waals surface area contributed by atoms with Crippen LogP contribution in [0.15, 0.2) is 12.1 Å². The fraction of sp³-hybridized carbons (Fsp3) is 0.417. The van der Waals surface area contributed by atoms with Crippen LogP contribution in [0.1, 0.15) is 30.1 Å². The molecule has 1 N–H and O–H groups in total. The maximum absolute atomic E-state index is 11.9. The van der Waals surface area contributed by atoms with Crippen molar-refractivity contribution in [3.05, 3.63) is 17.7 Å². The van der Waals surface area contributed by atoms with E-state index in [1.54, 1.807) is 0 Å². The molecule has 0 spiro atoms. The van der Waals surface area contributed by atoms with Gasteiger partial charge in [-0.05, 0) is 6.42 Å². The topological polar surface area (TPSA) is 55.8 Å². The molecule has 0 unspecified atom stereocenters. The minimum Gasteiger partial charge on any atom is -0.508 e. The van der Waals surface area contributed by atoms with Crippen molar-refractivity contribution in [3.8, 4) is 17.2 Å². The number of aromatic hydroxyl groups is 1. The van der Waals surface area contributed by atoms with Gasteiger partial charge in [0.25, 0.3) is 0 Å². The summed E-state index contributed by atoms with van der Waals surface area (Å²) in [6, 6.07) is 2.82. The summed E-state index contributed by atoms with van der Waals surface area (Å²) in [6.45, 7) is 1.93. The van der Waals surface area contributed by atoms with Crippen LogP contribution < -0.4 is 9.47 Å². The number of benzene rings is 1. The lowest BCUT2D eigenvalue weighted by Crippen LogP contribution is -2.04. The van der Waals surface area contributed by atoms with Gasteiger partial charge in [-0.1, -0.05) is 6.92 Å². The van der Waals surface area contributed by atoms with Crippen molar-refractivity contribution < 1.29 is 19.4 Å². The summed E-state index contributed by atoms with van der Waals surface area (Å²) in [7, 11) is 2.91. The Morgan fingerprint density at radius 1 is 1.25 bits per heavy atom. The third kappa shape index (κ3) is 2.45. The molecule has 0 atom stereocenters. The molecule has 0 aliphatic rings. The summed E-state index contributed by atoms with van der Waals surface area (Å²) in [5.41, 5.74) is 0.393. The van der Waals surface area contributed by atoms with E-state index in [2.05, 4.69) is 0 Å². The molecule has 16 heavy (non-hydrogen) atoms. The molecule has 0 amide bonds. The summed E-state index contributed by atoms with van der Waals surface area (Å²) in [4.78, 5) is 11.9. The largest absolute Gasteiger partial charge is 0.508 e. The highest BCUT2D eigenvalue weighted by atomic mass is 16.5. The molecule has 88 valence electrons. The summed E-state index contributed by atoms with van der Waals surface area (Å²) < 4.78 is 10.2. The van der Waals surface area contributed by atoms with Gasteiger partial charge in [-0.25, -0.2) is 0 Å². The monoisotopic (exact) mass is 224 g/mol.